The molecule has 1 unspecified atom stereocenters. The van der Waals surface area contributed by atoms with Crippen molar-refractivity contribution in [1.29, 1.82) is 0 Å². The molecule has 3 nitrogen and oxygen atoms in total. The summed E-state index contributed by atoms with van der Waals surface area (Å²) in [6, 6.07) is 0. The zero-order valence-corrected chi connectivity index (χ0v) is 18.0. The van der Waals surface area contributed by atoms with Gasteiger partial charge in [-0.1, -0.05) is 118 Å². The summed E-state index contributed by atoms with van der Waals surface area (Å²) in [7, 11) is 0. The Kier molecular flexibility index (Phi) is 18.0. The summed E-state index contributed by atoms with van der Waals surface area (Å²) in [6.45, 7) is 7.89. The van der Waals surface area contributed by atoms with Crippen molar-refractivity contribution in [3.05, 3.63) is 0 Å². The SMILES string of the molecule is CCCCCCCCCCCCCCCCC(C)C(C)(C)C(=O)[O-].[NH4+]. The summed E-state index contributed by atoms with van der Waals surface area (Å²) in [5, 5.41) is 11.1. The molecule has 1 atom stereocenters. The van der Waals surface area contributed by atoms with E-state index in [-0.39, 0.29) is 12.1 Å². The predicted octanol–water partition coefficient (Wildman–Crippen LogP) is 6.65. The minimum absolute atomic E-state index is 0. The van der Waals surface area contributed by atoms with Crippen molar-refractivity contribution in [3.63, 3.8) is 0 Å². The monoisotopic (exact) mass is 357 g/mol. The number of carbonyl (C=O) groups excluding carboxylic acids is 1. The molecule has 0 aromatic heterocycles. The van der Waals surface area contributed by atoms with Gasteiger partial charge in [-0.25, -0.2) is 0 Å². The number of unbranched alkanes of at least 4 members (excludes halogenated alkanes) is 13. The van der Waals surface area contributed by atoms with Crippen LogP contribution < -0.4 is 11.3 Å². The number of carboxylic acid groups (broad SMARTS) is 1. The number of quaternary nitrogens is 1. The van der Waals surface area contributed by atoms with Gasteiger partial charge in [0.05, 0.1) is 0 Å². The molecule has 0 fully saturated rings. The molecule has 3 heteroatoms. The molecule has 0 saturated carbocycles. The van der Waals surface area contributed by atoms with Crippen LogP contribution in [0.5, 0.6) is 0 Å². The van der Waals surface area contributed by atoms with Crippen LogP contribution in [0.4, 0.5) is 0 Å². The molecule has 0 aliphatic heterocycles. The third-order valence-electron chi connectivity index (χ3n) is 5.75. The second-order valence-corrected chi connectivity index (χ2v) is 8.30. The highest BCUT2D eigenvalue weighted by atomic mass is 16.4. The van der Waals surface area contributed by atoms with E-state index in [4.69, 9.17) is 0 Å². The molecular weight excluding hydrogens is 310 g/mol. The molecule has 0 aliphatic carbocycles. The van der Waals surface area contributed by atoms with E-state index < -0.39 is 11.4 Å². The largest absolute Gasteiger partial charge is 0.550 e. The van der Waals surface area contributed by atoms with Crippen molar-refractivity contribution in [1.82, 2.24) is 6.15 Å². The minimum atomic E-state index is -0.916. The smallest absolute Gasteiger partial charge is 0.0473 e. The standard InChI is InChI=1S/C22H44O2.H3N/c1-5-6-7-8-9-10-11-12-13-14-15-16-17-18-19-20(2)22(3,4)21(23)24;/h20H,5-19H2,1-4H3,(H,23,24);1H3. The van der Waals surface area contributed by atoms with Crippen LogP contribution in [0.25, 0.3) is 0 Å². The summed E-state index contributed by atoms with van der Waals surface area (Å²) in [5.74, 6) is -0.722. The van der Waals surface area contributed by atoms with Gasteiger partial charge in [0.1, 0.15) is 0 Å². The van der Waals surface area contributed by atoms with Crippen LogP contribution in [-0.2, 0) is 4.79 Å². The van der Waals surface area contributed by atoms with Crippen LogP contribution in [0.2, 0.25) is 0 Å². The number of carbonyl (C=O) groups is 1. The van der Waals surface area contributed by atoms with Crippen LogP contribution in [-0.4, -0.2) is 5.97 Å². The average molecular weight is 358 g/mol. The molecule has 0 aromatic rings. The number of rotatable bonds is 17. The van der Waals surface area contributed by atoms with Crippen molar-refractivity contribution < 1.29 is 9.90 Å². The van der Waals surface area contributed by atoms with Gasteiger partial charge < -0.3 is 16.1 Å². The van der Waals surface area contributed by atoms with Gasteiger partial charge in [0.25, 0.3) is 0 Å². The van der Waals surface area contributed by atoms with Gasteiger partial charge in [-0.3, -0.25) is 0 Å². The molecule has 0 radical (unpaired) electrons. The van der Waals surface area contributed by atoms with Crippen LogP contribution in [0.1, 0.15) is 124 Å². The van der Waals surface area contributed by atoms with Gasteiger partial charge in [-0.15, -0.1) is 0 Å². The Labute approximate surface area is 157 Å². The maximum absolute atomic E-state index is 11.1. The Morgan fingerprint density at radius 3 is 1.40 bits per heavy atom. The highest BCUT2D eigenvalue weighted by Gasteiger charge is 2.26. The summed E-state index contributed by atoms with van der Waals surface area (Å²) in [6.07, 6.45) is 20.1. The molecule has 0 aliphatic rings. The zero-order valence-electron chi connectivity index (χ0n) is 18.0. The van der Waals surface area contributed by atoms with E-state index in [0.717, 1.165) is 12.8 Å². The molecule has 0 amide bonds. The fourth-order valence-electron chi connectivity index (χ4n) is 3.21. The Bertz CT molecular complexity index is 302. The Morgan fingerprint density at radius 1 is 0.760 bits per heavy atom. The molecule has 4 N–H and O–H groups in total. The molecule has 0 aromatic carbocycles. The van der Waals surface area contributed by atoms with Crippen LogP contribution >= 0.6 is 0 Å². The van der Waals surface area contributed by atoms with Crippen molar-refractivity contribution in [3.8, 4) is 0 Å². The van der Waals surface area contributed by atoms with Crippen molar-refractivity contribution in [2.45, 2.75) is 124 Å². The van der Waals surface area contributed by atoms with Gasteiger partial charge >= 0.3 is 0 Å². The van der Waals surface area contributed by atoms with E-state index in [9.17, 15) is 9.90 Å². The molecule has 0 bridgehead atoms. The minimum Gasteiger partial charge on any atom is -0.550 e. The molecular formula is C22H47NO2. The highest BCUT2D eigenvalue weighted by molar-refractivity contribution is 5.71. The zero-order chi connectivity index (χ0) is 18.3. The fourth-order valence-corrected chi connectivity index (χ4v) is 3.21. The van der Waals surface area contributed by atoms with E-state index in [1.807, 2.05) is 6.92 Å². The van der Waals surface area contributed by atoms with Crippen molar-refractivity contribution >= 4 is 5.97 Å². The second-order valence-electron chi connectivity index (χ2n) is 8.30. The second kappa shape index (κ2) is 16.9. The summed E-state index contributed by atoms with van der Waals surface area (Å²) in [5.41, 5.74) is -0.698. The number of hydrogen-bond donors (Lipinski definition) is 1. The first kappa shape index (κ1) is 26.7. The Balaban J connectivity index is 0. The number of hydrogen-bond acceptors (Lipinski definition) is 2. The van der Waals surface area contributed by atoms with E-state index in [0.29, 0.717) is 0 Å². The third kappa shape index (κ3) is 14.3. The molecule has 0 spiro atoms. The first-order valence-electron chi connectivity index (χ1n) is 10.6. The van der Waals surface area contributed by atoms with Gasteiger partial charge in [-0.2, -0.15) is 0 Å². The van der Waals surface area contributed by atoms with Gasteiger partial charge in [-0.05, 0) is 12.3 Å². The normalized spacial score (nSPS) is 12.6. The molecule has 0 saturated heterocycles. The van der Waals surface area contributed by atoms with Gasteiger partial charge in [0, 0.05) is 11.4 Å². The van der Waals surface area contributed by atoms with Gasteiger partial charge in [0.2, 0.25) is 0 Å². The molecule has 152 valence electrons. The lowest BCUT2D eigenvalue weighted by atomic mass is 9.77. The summed E-state index contributed by atoms with van der Waals surface area (Å²) >= 11 is 0. The van der Waals surface area contributed by atoms with Crippen LogP contribution in [0.15, 0.2) is 0 Å². The molecule has 0 rings (SSSR count). The van der Waals surface area contributed by atoms with E-state index in [1.54, 1.807) is 13.8 Å². The summed E-state index contributed by atoms with van der Waals surface area (Å²) < 4.78 is 0. The lowest BCUT2D eigenvalue weighted by molar-refractivity contribution is -0.320. The first-order chi connectivity index (χ1) is 11.4. The average Bonchev–Trinajstić information content (AvgIpc) is 2.54. The number of aliphatic carboxylic acids is 1. The number of carboxylic acids is 1. The lowest BCUT2D eigenvalue weighted by Gasteiger charge is -2.32. The molecule has 0 heterocycles. The van der Waals surface area contributed by atoms with Crippen LogP contribution in [0, 0.1) is 11.3 Å². The van der Waals surface area contributed by atoms with Crippen molar-refractivity contribution in [2.24, 2.45) is 11.3 Å². The topological polar surface area (TPSA) is 76.6 Å². The third-order valence-corrected chi connectivity index (χ3v) is 5.75. The van der Waals surface area contributed by atoms with E-state index in [2.05, 4.69) is 6.92 Å². The fraction of sp³-hybridized carbons (Fsp3) is 0.955. The van der Waals surface area contributed by atoms with Gasteiger partial charge in [0.15, 0.2) is 0 Å². The molecule has 25 heavy (non-hydrogen) atoms. The van der Waals surface area contributed by atoms with E-state index in [1.165, 1.54) is 83.5 Å². The maximum atomic E-state index is 11.1. The predicted molar refractivity (Wildman–Crippen MR) is 109 cm³/mol. The van der Waals surface area contributed by atoms with Crippen molar-refractivity contribution in [2.75, 3.05) is 0 Å². The highest BCUT2D eigenvalue weighted by Crippen LogP contribution is 2.30. The first-order valence-corrected chi connectivity index (χ1v) is 10.6. The summed E-state index contributed by atoms with van der Waals surface area (Å²) in [4.78, 5) is 11.1. The Hall–Kier alpha value is -0.570. The van der Waals surface area contributed by atoms with E-state index >= 15 is 0 Å². The lowest BCUT2D eigenvalue weighted by Crippen LogP contribution is -2.42. The Morgan fingerprint density at radius 2 is 1.08 bits per heavy atom. The van der Waals surface area contributed by atoms with Crippen LogP contribution in [0.3, 0.4) is 0 Å². The maximum Gasteiger partial charge on any atom is 0.0473 e. The quantitative estimate of drug-likeness (QED) is 0.296.